The Labute approximate surface area is 222 Å². The van der Waals surface area contributed by atoms with Crippen molar-refractivity contribution in [2.75, 3.05) is 26.3 Å². The number of aliphatic hydroxyl groups excluding tert-OH is 1. The summed E-state index contributed by atoms with van der Waals surface area (Å²) in [5, 5.41) is 10.4. The van der Waals surface area contributed by atoms with E-state index in [1.54, 1.807) is 22.0 Å². The summed E-state index contributed by atoms with van der Waals surface area (Å²) in [6.45, 7) is 16.3. The van der Waals surface area contributed by atoms with Gasteiger partial charge in [-0.05, 0) is 44.9 Å². The minimum atomic E-state index is -1.12. The standard InChI is InChI=1S/C29H46N2O6/c1-7-11-13-18-36-27(35)23-22-25(33)31(21(19-32)20(5)10-4)24(29(22)15-14-28(23,6)37-29)26(34)30(16-9-3)17-12-8-2/h7,9,20-24,32H,1,3,8,10-19H2,2,4-6H3/t20-,21-,22-,23+,24?,28-,29?/m0/s1. The molecule has 7 atom stereocenters. The monoisotopic (exact) mass is 518 g/mol. The maximum Gasteiger partial charge on any atom is 0.312 e. The number of carbonyl (C=O) groups is 3. The topological polar surface area (TPSA) is 96.4 Å². The van der Waals surface area contributed by atoms with E-state index in [2.05, 4.69) is 20.1 Å². The molecule has 3 aliphatic rings. The number of likely N-dealkylation sites (tertiary alicyclic amines) is 1. The summed E-state index contributed by atoms with van der Waals surface area (Å²) in [6.07, 6.45) is 8.39. The van der Waals surface area contributed by atoms with E-state index in [9.17, 15) is 19.5 Å². The second-order valence-corrected chi connectivity index (χ2v) is 11.1. The quantitative estimate of drug-likeness (QED) is 0.203. The molecular formula is C29H46N2O6. The van der Waals surface area contributed by atoms with Crippen LogP contribution >= 0.6 is 0 Å². The Hall–Kier alpha value is -2.19. The molecule has 2 amide bonds. The summed E-state index contributed by atoms with van der Waals surface area (Å²) in [5.41, 5.74) is -2.00. The highest BCUT2D eigenvalue weighted by Gasteiger charge is 2.79. The molecule has 37 heavy (non-hydrogen) atoms. The zero-order chi connectivity index (χ0) is 27.4. The Kier molecular flexibility index (Phi) is 9.62. The first kappa shape index (κ1) is 29.4. The molecule has 0 aromatic carbocycles. The Morgan fingerprint density at radius 2 is 2.00 bits per heavy atom. The molecule has 3 aliphatic heterocycles. The van der Waals surface area contributed by atoms with Gasteiger partial charge < -0.3 is 24.4 Å². The molecule has 0 saturated carbocycles. The van der Waals surface area contributed by atoms with E-state index in [1.165, 1.54) is 0 Å². The summed E-state index contributed by atoms with van der Waals surface area (Å²) in [4.78, 5) is 45.3. The van der Waals surface area contributed by atoms with Gasteiger partial charge in [-0.25, -0.2) is 0 Å². The normalized spacial score (nSPS) is 31.6. The van der Waals surface area contributed by atoms with E-state index in [4.69, 9.17) is 9.47 Å². The lowest BCUT2D eigenvalue weighted by molar-refractivity contribution is -0.162. The van der Waals surface area contributed by atoms with Crippen LogP contribution in [0, 0.1) is 17.8 Å². The number of carbonyl (C=O) groups excluding carboxylic acids is 3. The third-order valence-corrected chi connectivity index (χ3v) is 8.79. The van der Waals surface area contributed by atoms with Gasteiger partial charge in [0.25, 0.3) is 0 Å². The van der Waals surface area contributed by atoms with Crippen LogP contribution < -0.4 is 0 Å². The van der Waals surface area contributed by atoms with Gasteiger partial charge in [0.15, 0.2) is 0 Å². The zero-order valence-electron chi connectivity index (χ0n) is 23.1. The van der Waals surface area contributed by atoms with Crippen LogP contribution in [-0.4, -0.2) is 82.3 Å². The van der Waals surface area contributed by atoms with Crippen molar-refractivity contribution in [3.63, 3.8) is 0 Å². The Morgan fingerprint density at radius 1 is 1.27 bits per heavy atom. The number of rotatable bonds is 15. The lowest BCUT2D eigenvalue weighted by Crippen LogP contribution is -2.60. The number of allylic oxidation sites excluding steroid dienone is 1. The highest BCUT2D eigenvalue weighted by Crippen LogP contribution is 2.64. The second-order valence-electron chi connectivity index (χ2n) is 11.1. The number of hydrogen-bond donors (Lipinski definition) is 1. The van der Waals surface area contributed by atoms with E-state index in [-0.39, 0.29) is 30.9 Å². The zero-order valence-corrected chi connectivity index (χ0v) is 23.1. The van der Waals surface area contributed by atoms with Gasteiger partial charge in [0.05, 0.1) is 30.8 Å². The molecule has 0 aliphatic carbocycles. The summed E-state index contributed by atoms with van der Waals surface area (Å²) in [6, 6.07) is -1.46. The van der Waals surface area contributed by atoms with E-state index < -0.39 is 41.1 Å². The average Bonchev–Trinajstić information content (AvgIpc) is 3.45. The molecule has 0 aromatic rings. The molecule has 8 heteroatoms. The predicted octanol–water partition coefficient (Wildman–Crippen LogP) is 3.48. The minimum absolute atomic E-state index is 0.0416. The molecule has 0 aromatic heterocycles. The fourth-order valence-corrected chi connectivity index (χ4v) is 6.63. The molecule has 1 spiro atoms. The molecule has 3 saturated heterocycles. The van der Waals surface area contributed by atoms with Crippen molar-refractivity contribution in [1.82, 2.24) is 9.80 Å². The van der Waals surface area contributed by atoms with Crippen LogP contribution in [0.2, 0.25) is 0 Å². The fourth-order valence-electron chi connectivity index (χ4n) is 6.63. The molecule has 2 unspecified atom stereocenters. The van der Waals surface area contributed by atoms with Gasteiger partial charge in [-0.15, -0.1) is 13.2 Å². The molecule has 0 radical (unpaired) electrons. The number of amides is 2. The third kappa shape index (κ3) is 5.11. The summed E-state index contributed by atoms with van der Waals surface area (Å²) in [5.74, 6) is -2.59. The smallest absolute Gasteiger partial charge is 0.312 e. The van der Waals surface area contributed by atoms with Crippen LogP contribution in [0.15, 0.2) is 25.3 Å². The lowest BCUT2D eigenvalue weighted by atomic mass is 9.66. The Bertz CT molecular complexity index is 876. The number of esters is 1. The van der Waals surface area contributed by atoms with Crippen LogP contribution in [0.3, 0.4) is 0 Å². The van der Waals surface area contributed by atoms with Crippen molar-refractivity contribution in [2.45, 2.75) is 95.9 Å². The van der Waals surface area contributed by atoms with Gasteiger partial charge in [0.2, 0.25) is 11.8 Å². The van der Waals surface area contributed by atoms with Gasteiger partial charge in [-0.2, -0.15) is 0 Å². The maximum atomic E-state index is 14.3. The van der Waals surface area contributed by atoms with E-state index >= 15 is 0 Å². The van der Waals surface area contributed by atoms with Crippen molar-refractivity contribution in [3.05, 3.63) is 25.3 Å². The lowest BCUT2D eigenvalue weighted by Gasteiger charge is -2.41. The molecule has 8 nitrogen and oxygen atoms in total. The predicted molar refractivity (Wildman–Crippen MR) is 141 cm³/mol. The number of aliphatic hydroxyl groups is 1. The average molecular weight is 519 g/mol. The summed E-state index contributed by atoms with van der Waals surface area (Å²) < 4.78 is 12.3. The van der Waals surface area contributed by atoms with E-state index in [0.29, 0.717) is 32.4 Å². The highest BCUT2D eigenvalue weighted by atomic mass is 16.6. The second kappa shape index (κ2) is 12.1. The van der Waals surface area contributed by atoms with Gasteiger partial charge in [0.1, 0.15) is 17.6 Å². The molecule has 2 bridgehead atoms. The van der Waals surface area contributed by atoms with Crippen molar-refractivity contribution in [2.24, 2.45) is 17.8 Å². The first-order valence-corrected chi connectivity index (χ1v) is 14.0. The Morgan fingerprint density at radius 3 is 2.59 bits per heavy atom. The minimum Gasteiger partial charge on any atom is -0.465 e. The molecule has 208 valence electrons. The largest absolute Gasteiger partial charge is 0.465 e. The van der Waals surface area contributed by atoms with Gasteiger partial charge in [0, 0.05) is 13.1 Å². The van der Waals surface area contributed by atoms with Crippen molar-refractivity contribution < 1.29 is 29.0 Å². The highest BCUT2D eigenvalue weighted by molar-refractivity contribution is 5.98. The number of fused-ring (bicyclic) bond motifs is 1. The van der Waals surface area contributed by atoms with Gasteiger partial charge >= 0.3 is 5.97 Å². The SMILES string of the molecule is C=CCCCOC(=O)[C@H]1[C@H]2C(=O)N([C@@H](CO)[C@@H](C)CC)C(C(=O)N(CC=C)CCCC)C23CC[C@]1(C)O3. The van der Waals surface area contributed by atoms with Crippen LogP contribution in [0.25, 0.3) is 0 Å². The van der Waals surface area contributed by atoms with Gasteiger partial charge in [-0.1, -0.05) is 45.8 Å². The number of ether oxygens (including phenoxy) is 2. The van der Waals surface area contributed by atoms with Crippen LogP contribution in [-0.2, 0) is 23.9 Å². The third-order valence-electron chi connectivity index (χ3n) is 8.79. The number of nitrogens with zero attached hydrogens (tertiary/aromatic N) is 2. The molecule has 3 fully saturated rings. The number of unbranched alkanes of at least 4 members (excludes halogenated alkanes) is 2. The summed E-state index contributed by atoms with van der Waals surface area (Å²) >= 11 is 0. The fraction of sp³-hybridized carbons (Fsp3) is 0.759. The van der Waals surface area contributed by atoms with E-state index in [0.717, 1.165) is 25.7 Å². The number of hydrogen-bond acceptors (Lipinski definition) is 6. The molecule has 3 rings (SSSR count). The first-order valence-electron chi connectivity index (χ1n) is 14.0. The van der Waals surface area contributed by atoms with E-state index in [1.807, 2.05) is 20.8 Å². The van der Waals surface area contributed by atoms with Crippen molar-refractivity contribution in [3.8, 4) is 0 Å². The van der Waals surface area contributed by atoms with Crippen LogP contribution in [0.1, 0.15) is 72.6 Å². The van der Waals surface area contributed by atoms with Crippen molar-refractivity contribution >= 4 is 17.8 Å². The molecule has 1 N–H and O–H groups in total. The van der Waals surface area contributed by atoms with Crippen LogP contribution in [0.5, 0.6) is 0 Å². The van der Waals surface area contributed by atoms with Crippen molar-refractivity contribution in [1.29, 1.82) is 0 Å². The van der Waals surface area contributed by atoms with Crippen LogP contribution in [0.4, 0.5) is 0 Å². The molecular weight excluding hydrogens is 472 g/mol. The summed E-state index contributed by atoms with van der Waals surface area (Å²) in [7, 11) is 0. The first-order chi connectivity index (χ1) is 17.7. The van der Waals surface area contributed by atoms with Gasteiger partial charge in [-0.3, -0.25) is 14.4 Å². The molecule has 3 heterocycles. The maximum absolute atomic E-state index is 14.3. The Balaban J connectivity index is 2.06.